The van der Waals surface area contributed by atoms with E-state index in [4.69, 9.17) is 0 Å². The largest absolute Gasteiger partial charge is 0.353 e. The van der Waals surface area contributed by atoms with Crippen molar-refractivity contribution in [3.63, 3.8) is 0 Å². The van der Waals surface area contributed by atoms with Gasteiger partial charge in [0.15, 0.2) is 5.82 Å². The van der Waals surface area contributed by atoms with Crippen molar-refractivity contribution < 1.29 is 4.79 Å². The number of hydrogen-bond donors (Lipinski definition) is 0. The van der Waals surface area contributed by atoms with Gasteiger partial charge in [0.1, 0.15) is 0 Å². The number of carbonyl (C=O) groups excluding carboxylic acids is 1. The molecule has 24 heavy (non-hydrogen) atoms. The Morgan fingerprint density at radius 3 is 2.79 bits per heavy atom. The number of aromatic nitrogens is 2. The van der Waals surface area contributed by atoms with E-state index >= 15 is 0 Å². The fourth-order valence-electron chi connectivity index (χ4n) is 3.05. The monoisotopic (exact) mass is 338 g/mol. The Labute approximate surface area is 144 Å². The number of benzene rings is 1. The molecule has 6 heteroatoms. The van der Waals surface area contributed by atoms with Crippen LogP contribution in [0.15, 0.2) is 48.7 Å². The molecule has 0 N–H and O–H groups in total. The van der Waals surface area contributed by atoms with Crippen LogP contribution in [0.3, 0.4) is 0 Å². The van der Waals surface area contributed by atoms with Gasteiger partial charge < -0.3 is 9.80 Å². The summed E-state index contributed by atoms with van der Waals surface area (Å²) < 4.78 is 1.16. The summed E-state index contributed by atoms with van der Waals surface area (Å²) in [6.45, 7) is 3.18. The van der Waals surface area contributed by atoms with E-state index in [1.165, 1.54) is 0 Å². The van der Waals surface area contributed by atoms with Gasteiger partial charge in [0.2, 0.25) is 0 Å². The molecule has 122 valence electrons. The molecule has 0 spiro atoms. The summed E-state index contributed by atoms with van der Waals surface area (Å²) in [5.74, 6) is 1.02. The Bertz CT molecular complexity index is 815. The van der Waals surface area contributed by atoms with E-state index in [-0.39, 0.29) is 5.91 Å². The fraction of sp³-hybridized carbons (Fsp3) is 0.278. The van der Waals surface area contributed by atoms with Gasteiger partial charge in [-0.2, -0.15) is 5.10 Å². The lowest BCUT2D eigenvalue weighted by molar-refractivity contribution is 0.0772. The van der Waals surface area contributed by atoms with E-state index in [1.54, 1.807) is 17.5 Å². The highest BCUT2D eigenvalue weighted by Gasteiger charge is 2.22. The number of nitrogens with zero attached hydrogens (tertiary/aromatic N) is 4. The second kappa shape index (κ2) is 6.57. The minimum atomic E-state index is 0.136. The molecule has 1 aliphatic heterocycles. The summed E-state index contributed by atoms with van der Waals surface area (Å²) in [4.78, 5) is 17.8. The van der Waals surface area contributed by atoms with Crippen molar-refractivity contribution in [2.75, 3.05) is 31.1 Å². The molecular weight excluding hydrogens is 320 g/mol. The summed E-state index contributed by atoms with van der Waals surface area (Å²) in [7, 11) is 0. The maximum atomic E-state index is 12.9. The lowest BCUT2D eigenvalue weighted by atomic mass is 10.2. The molecule has 5 nitrogen and oxygen atoms in total. The first-order chi connectivity index (χ1) is 11.8. The SMILES string of the molecule is O=C(c1cc2ccccc2s1)N1CCCN(c2cccnn2)CC1. The smallest absolute Gasteiger partial charge is 0.264 e. The van der Waals surface area contributed by atoms with E-state index in [9.17, 15) is 4.79 Å². The average Bonchev–Trinajstić information content (AvgIpc) is 2.91. The number of hydrogen-bond acceptors (Lipinski definition) is 5. The van der Waals surface area contributed by atoms with E-state index in [1.807, 2.05) is 35.2 Å². The Morgan fingerprint density at radius 1 is 1.04 bits per heavy atom. The first kappa shape index (κ1) is 15.1. The van der Waals surface area contributed by atoms with E-state index in [2.05, 4.69) is 27.2 Å². The zero-order valence-electron chi connectivity index (χ0n) is 13.3. The van der Waals surface area contributed by atoms with Crippen LogP contribution in [0.5, 0.6) is 0 Å². The Hall–Kier alpha value is -2.47. The summed E-state index contributed by atoms with van der Waals surface area (Å²) in [5.41, 5.74) is 0. The van der Waals surface area contributed by atoms with Crippen molar-refractivity contribution in [3.8, 4) is 0 Å². The lowest BCUT2D eigenvalue weighted by Crippen LogP contribution is -2.35. The van der Waals surface area contributed by atoms with E-state index < -0.39 is 0 Å². The molecule has 3 aromatic rings. The van der Waals surface area contributed by atoms with Crippen molar-refractivity contribution >= 4 is 33.1 Å². The molecule has 0 radical (unpaired) electrons. The standard InChI is InChI=1S/C18H18N4OS/c23-18(16-13-14-5-1-2-6-15(14)24-16)22-10-4-9-21(11-12-22)17-7-3-8-19-20-17/h1-3,5-8,13H,4,9-12H2. The molecule has 1 aliphatic rings. The zero-order valence-corrected chi connectivity index (χ0v) is 14.1. The quantitative estimate of drug-likeness (QED) is 0.721. The van der Waals surface area contributed by atoms with Gasteiger partial charge >= 0.3 is 0 Å². The third-order valence-corrected chi connectivity index (χ3v) is 5.41. The molecule has 0 aliphatic carbocycles. The van der Waals surface area contributed by atoms with Crippen LogP contribution in [0.25, 0.3) is 10.1 Å². The van der Waals surface area contributed by atoms with Crippen LogP contribution in [0.4, 0.5) is 5.82 Å². The van der Waals surface area contributed by atoms with Gasteiger partial charge in [-0.3, -0.25) is 4.79 Å². The van der Waals surface area contributed by atoms with Crippen molar-refractivity contribution in [1.82, 2.24) is 15.1 Å². The molecule has 1 amide bonds. The third-order valence-electron chi connectivity index (χ3n) is 4.30. The number of anilines is 1. The van der Waals surface area contributed by atoms with Crippen LogP contribution in [-0.2, 0) is 0 Å². The molecule has 4 rings (SSSR count). The second-order valence-electron chi connectivity index (χ2n) is 5.86. The highest BCUT2D eigenvalue weighted by molar-refractivity contribution is 7.20. The van der Waals surface area contributed by atoms with Crippen LogP contribution >= 0.6 is 11.3 Å². The Balaban J connectivity index is 1.49. The topological polar surface area (TPSA) is 49.3 Å². The molecule has 2 aromatic heterocycles. The van der Waals surface area contributed by atoms with Gasteiger partial charge in [-0.15, -0.1) is 16.4 Å². The normalized spacial score (nSPS) is 15.5. The summed E-state index contributed by atoms with van der Waals surface area (Å²) >= 11 is 1.58. The maximum Gasteiger partial charge on any atom is 0.264 e. The van der Waals surface area contributed by atoms with Crippen molar-refractivity contribution in [2.24, 2.45) is 0 Å². The molecule has 0 bridgehead atoms. The summed E-state index contributed by atoms with van der Waals surface area (Å²) in [5, 5.41) is 9.26. The van der Waals surface area contributed by atoms with Gasteiger partial charge in [0.05, 0.1) is 4.88 Å². The average molecular weight is 338 g/mol. The van der Waals surface area contributed by atoms with Gasteiger partial charge in [-0.05, 0) is 36.1 Å². The van der Waals surface area contributed by atoms with Gasteiger partial charge in [-0.1, -0.05) is 18.2 Å². The highest BCUT2D eigenvalue weighted by atomic mass is 32.1. The Kier molecular flexibility index (Phi) is 4.13. The molecule has 0 saturated carbocycles. The molecule has 1 fully saturated rings. The number of amides is 1. The van der Waals surface area contributed by atoms with Crippen LogP contribution < -0.4 is 4.90 Å². The highest BCUT2D eigenvalue weighted by Crippen LogP contribution is 2.26. The fourth-order valence-corrected chi connectivity index (χ4v) is 4.09. The van der Waals surface area contributed by atoms with Gasteiger partial charge in [0, 0.05) is 37.1 Å². The van der Waals surface area contributed by atoms with Gasteiger partial charge in [0.25, 0.3) is 5.91 Å². The number of thiophene rings is 1. The predicted octanol–water partition coefficient (Wildman–Crippen LogP) is 3.04. The lowest BCUT2D eigenvalue weighted by Gasteiger charge is -2.22. The van der Waals surface area contributed by atoms with E-state index in [0.717, 1.165) is 46.8 Å². The zero-order chi connectivity index (χ0) is 16.4. The number of rotatable bonds is 2. The van der Waals surface area contributed by atoms with E-state index in [0.29, 0.717) is 6.54 Å². The molecular formula is C18H18N4OS. The molecule has 1 saturated heterocycles. The summed E-state index contributed by atoms with van der Waals surface area (Å²) in [6, 6.07) is 14.0. The van der Waals surface area contributed by atoms with Crippen molar-refractivity contribution in [3.05, 3.63) is 53.5 Å². The van der Waals surface area contributed by atoms with Crippen LogP contribution in [0.2, 0.25) is 0 Å². The maximum absolute atomic E-state index is 12.9. The molecule has 1 aromatic carbocycles. The van der Waals surface area contributed by atoms with Crippen molar-refractivity contribution in [1.29, 1.82) is 0 Å². The molecule has 0 atom stereocenters. The first-order valence-electron chi connectivity index (χ1n) is 8.12. The predicted molar refractivity (Wildman–Crippen MR) is 96.6 cm³/mol. The Morgan fingerprint density at radius 2 is 1.96 bits per heavy atom. The molecule has 3 heterocycles. The van der Waals surface area contributed by atoms with Crippen LogP contribution in [-0.4, -0.2) is 47.2 Å². The summed E-state index contributed by atoms with van der Waals surface area (Å²) in [6.07, 6.45) is 2.62. The van der Waals surface area contributed by atoms with Crippen LogP contribution in [0.1, 0.15) is 16.1 Å². The van der Waals surface area contributed by atoms with Crippen LogP contribution in [0, 0.1) is 0 Å². The third kappa shape index (κ3) is 2.97. The van der Waals surface area contributed by atoms with Gasteiger partial charge in [-0.25, -0.2) is 0 Å². The number of carbonyl (C=O) groups is 1. The number of fused-ring (bicyclic) bond motifs is 1. The minimum absolute atomic E-state index is 0.136. The minimum Gasteiger partial charge on any atom is -0.353 e. The molecule has 0 unspecified atom stereocenters. The second-order valence-corrected chi connectivity index (χ2v) is 6.95. The first-order valence-corrected chi connectivity index (χ1v) is 8.93. The van der Waals surface area contributed by atoms with Crippen molar-refractivity contribution in [2.45, 2.75) is 6.42 Å².